The molecule has 2 N–H and O–H groups in total. The van der Waals surface area contributed by atoms with E-state index < -0.39 is 0 Å². The van der Waals surface area contributed by atoms with Crippen LogP contribution < -0.4 is 10.6 Å². The summed E-state index contributed by atoms with van der Waals surface area (Å²) >= 11 is 0. The smallest absolute Gasteiger partial charge is 0.257 e. The third-order valence-corrected chi connectivity index (χ3v) is 4.41. The Labute approximate surface area is 147 Å². The van der Waals surface area contributed by atoms with Crippen molar-refractivity contribution in [1.29, 1.82) is 0 Å². The molecule has 1 saturated heterocycles. The molecule has 25 heavy (non-hydrogen) atoms. The summed E-state index contributed by atoms with van der Waals surface area (Å²) in [5.74, 6) is -0.247. The van der Waals surface area contributed by atoms with Crippen LogP contribution in [0.1, 0.15) is 33.6 Å². The Hall–Kier alpha value is -2.73. The number of hydrogen-bond acceptors (Lipinski definition) is 4. The lowest BCUT2D eigenvalue weighted by Crippen LogP contribution is -2.46. The van der Waals surface area contributed by atoms with Crippen molar-refractivity contribution in [3.63, 3.8) is 0 Å². The first kappa shape index (κ1) is 17.1. The zero-order valence-corrected chi connectivity index (χ0v) is 14.2. The number of nitrogens with one attached hydrogen (secondary N) is 2. The first-order valence-corrected chi connectivity index (χ1v) is 8.45. The van der Waals surface area contributed by atoms with E-state index in [1.807, 2.05) is 11.9 Å². The van der Waals surface area contributed by atoms with Gasteiger partial charge in [0.1, 0.15) is 0 Å². The molecule has 1 aromatic heterocycles. The highest BCUT2D eigenvalue weighted by atomic mass is 16.2. The van der Waals surface area contributed by atoms with E-state index in [1.165, 1.54) is 6.20 Å². The molecule has 3 rings (SSSR count). The largest absolute Gasteiger partial charge is 0.337 e. The first-order valence-electron chi connectivity index (χ1n) is 8.45. The number of hydrogen-bond donors (Lipinski definition) is 2. The number of carbonyl (C=O) groups is 2. The van der Waals surface area contributed by atoms with Crippen LogP contribution in [0.5, 0.6) is 0 Å². The molecular formula is C19H22N4O2. The zero-order valence-electron chi connectivity index (χ0n) is 14.2. The summed E-state index contributed by atoms with van der Waals surface area (Å²) in [6, 6.07) is 10.8. The fourth-order valence-corrected chi connectivity index (χ4v) is 3.01. The van der Waals surface area contributed by atoms with Crippen molar-refractivity contribution in [2.24, 2.45) is 0 Å². The number of carbonyl (C=O) groups excluding carboxylic acids is 2. The van der Waals surface area contributed by atoms with Crippen LogP contribution in [0, 0.1) is 0 Å². The average Bonchev–Trinajstić information content (AvgIpc) is 2.68. The number of anilines is 1. The minimum Gasteiger partial charge on any atom is -0.337 e. The van der Waals surface area contributed by atoms with E-state index in [-0.39, 0.29) is 11.8 Å². The lowest BCUT2D eigenvalue weighted by atomic mass is 10.0. The Balaban J connectivity index is 1.70. The molecule has 2 heterocycles. The summed E-state index contributed by atoms with van der Waals surface area (Å²) in [6.07, 6.45) is 5.21. The molecule has 1 atom stereocenters. The Morgan fingerprint density at radius 1 is 1.20 bits per heavy atom. The Morgan fingerprint density at radius 3 is 2.80 bits per heavy atom. The SMILES string of the molecule is CNC1CCCN(C(=O)c2cccc(NC(=O)c3cccnc3)c2)C1. The quantitative estimate of drug-likeness (QED) is 0.896. The van der Waals surface area contributed by atoms with E-state index in [4.69, 9.17) is 0 Å². The van der Waals surface area contributed by atoms with Crippen molar-refractivity contribution in [2.45, 2.75) is 18.9 Å². The van der Waals surface area contributed by atoms with Gasteiger partial charge in [-0.15, -0.1) is 0 Å². The van der Waals surface area contributed by atoms with Gasteiger partial charge in [-0.25, -0.2) is 0 Å². The van der Waals surface area contributed by atoms with Crippen LogP contribution in [0.4, 0.5) is 5.69 Å². The van der Waals surface area contributed by atoms with Gasteiger partial charge in [0.25, 0.3) is 11.8 Å². The third-order valence-electron chi connectivity index (χ3n) is 4.41. The molecule has 1 unspecified atom stereocenters. The van der Waals surface area contributed by atoms with E-state index in [0.29, 0.717) is 29.4 Å². The highest BCUT2D eigenvalue weighted by Gasteiger charge is 2.23. The minimum atomic E-state index is -0.245. The second-order valence-corrected chi connectivity index (χ2v) is 6.16. The number of benzene rings is 1. The Morgan fingerprint density at radius 2 is 2.04 bits per heavy atom. The maximum absolute atomic E-state index is 12.7. The highest BCUT2D eigenvalue weighted by molar-refractivity contribution is 6.04. The number of aromatic nitrogens is 1. The number of piperidine rings is 1. The van der Waals surface area contributed by atoms with E-state index in [1.54, 1.807) is 42.6 Å². The Bertz CT molecular complexity index is 748. The van der Waals surface area contributed by atoms with Crippen molar-refractivity contribution in [3.8, 4) is 0 Å². The molecule has 1 fully saturated rings. The number of likely N-dealkylation sites (tertiary alicyclic amines) is 1. The number of nitrogens with zero attached hydrogens (tertiary/aromatic N) is 2. The molecule has 1 aliphatic heterocycles. The van der Waals surface area contributed by atoms with E-state index in [9.17, 15) is 9.59 Å². The van der Waals surface area contributed by atoms with Crippen LogP contribution in [-0.4, -0.2) is 47.9 Å². The molecular weight excluding hydrogens is 316 g/mol. The van der Waals surface area contributed by atoms with Gasteiger partial charge in [-0.3, -0.25) is 14.6 Å². The molecule has 0 bridgehead atoms. The van der Waals surface area contributed by atoms with Gasteiger partial charge >= 0.3 is 0 Å². The van der Waals surface area contributed by atoms with Gasteiger partial charge in [0.05, 0.1) is 5.56 Å². The summed E-state index contributed by atoms with van der Waals surface area (Å²) in [5.41, 5.74) is 1.66. The van der Waals surface area contributed by atoms with Crippen molar-refractivity contribution in [1.82, 2.24) is 15.2 Å². The molecule has 0 aliphatic carbocycles. The van der Waals surface area contributed by atoms with Gasteiger partial charge in [0.2, 0.25) is 0 Å². The van der Waals surface area contributed by atoms with Gasteiger partial charge in [0.15, 0.2) is 0 Å². The van der Waals surface area contributed by atoms with Crippen LogP contribution in [0.15, 0.2) is 48.8 Å². The molecule has 130 valence electrons. The minimum absolute atomic E-state index is 0.00238. The first-order chi connectivity index (χ1) is 12.2. The average molecular weight is 338 g/mol. The normalized spacial score (nSPS) is 17.2. The topological polar surface area (TPSA) is 74.3 Å². The summed E-state index contributed by atoms with van der Waals surface area (Å²) < 4.78 is 0. The molecule has 2 amide bonds. The fraction of sp³-hybridized carbons (Fsp3) is 0.316. The lowest BCUT2D eigenvalue weighted by Gasteiger charge is -2.32. The molecule has 6 nitrogen and oxygen atoms in total. The molecule has 1 aliphatic rings. The van der Waals surface area contributed by atoms with E-state index in [2.05, 4.69) is 15.6 Å². The maximum atomic E-state index is 12.7. The highest BCUT2D eigenvalue weighted by Crippen LogP contribution is 2.17. The van der Waals surface area contributed by atoms with Gasteiger partial charge in [-0.1, -0.05) is 6.07 Å². The molecule has 0 saturated carbocycles. The predicted octanol–water partition coefficient (Wildman–Crippen LogP) is 2.16. The summed E-state index contributed by atoms with van der Waals surface area (Å²) in [4.78, 5) is 30.8. The second-order valence-electron chi connectivity index (χ2n) is 6.16. The fourth-order valence-electron chi connectivity index (χ4n) is 3.01. The standard InChI is InChI=1S/C19H22N4O2/c1-20-17-8-4-10-23(13-17)19(25)14-5-2-7-16(11-14)22-18(24)15-6-3-9-21-12-15/h2-3,5-7,9,11-12,17,20H,4,8,10,13H2,1H3,(H,22,24). The third kappa shape index (κ3) is 4.22. The van der Waals surface area contributed by atoms with Crippen LogP contribution in [0.3, 0.4) is 0 Å². The van der Waals surface area contributed by atoms with Crippen LogP contribution in [0.2, 0.25) is 0 Å². The molecule has 2 aromatic rings. The van der Waals surface area contributed by atoms with Gasteiger partial charge in [0, 0.05) is 42.8 Å². The van der Waals surface area contributed by atoms with Crippen LogP contribution in [-0.2, 0) is 0 Å². The molecule has 6 heteroatoms. The summed E-state index contributed by atoms with van der Waals surface area (Å²) in [5, 5.41) is 6.05. The number of amides is 2. The second kappa shape index (κ2) is 7.90. The van der Waals surface area contributed by atoms with Crippen LogP contribution >= 0.6 is 0 Å². The summed E-state index contributed by atoms with van der Waals surface area (Å²) in [7, 11) is 1.92. The molecule has 0 radical (unpaired) electrons. The monoisotopic (exact) mass is 338 g/mol. The lowest BCUT2D eigenvalue weighted by molar-refractivity contribution is 0.0698. The number of rotatable bonds is 4. The maximum Gasteiger partial charge on any atom is 0.257 e. The molecule has 1 aromatic carbocycles. The van der Waals surface area contributed by atoms with Crippen molar-refractivity contribution in [2.75, 3.05) is 25.5 Å². The van der Waals surface area contributed by atoms with Crippen LogP contribution in [0.25, 0.3) is 0 Å². The zero-order chi connectivity index (χ0) is 17.6. The van der Waals surface area contributed by atoms with Crippen molar-refractivity contribution in [3.05, 3.63) is 59.9 Å². The van der Waals surface area contributed by atoms with E-state index >= 15 is 0 Å². The van der Waals surface area contributed by atoms with Crippen molar-refractivity contribution >= 4 is 17.5 Å². The predicted molar refractivity (Wildman–Crippen MR) is 96.6 cm³/mol. The van der Waals surface area contributed by atoms with E-state index in [0.717, 1.165) is 19.4 Å². The number of pyridine rings is 1. The number of likely N-dealkylation sites (N-methyl/N-ethyl adjacent to an activating group) is 1. The van der Waals surface area contributed by atoms with Gasteiger partial charge in [-0.2, -0.15) is 0 Å². The van der Waals surface area contributed by atoms with Crippen molar-refractivity contribution < 1.29 is 9.59 Å². The Kier molecular flexibility index (Phi) is 5.40. The van der Waals surface area contributed by atoms with Gasteiger partial charge in [-0.05, 0) is 50.2 Å². The van der Waals surface area contributed by atoms with Gasteiger partial charge < -0.3 is 15.5 Å². The summed E-state index contributed by atoms with van der Waals surface area (Å²) in [6.45, 7) is 1.48. The molecule has 0 spiro atoms.